The molecule has 0 bridgehead atoms. The van der Waals surface area contributed by atoms with E-state index in [1.165, 1.54) is 0 Å². The fourth-order valence-corrected chi connectivity index (χ4v) is 2.40. The van der Waals surface area contributed by atoms with Crippen LogP contribution in [0.5, 0.6) is 0 Å². The van der Waals surface area contributed by atoms with Crippen molar-refractivity contribution in [1.82, 2.24) is 5.32 Å². The van der Waals surface area contributed by atoms with Crippen LogP contribution in [-0.2, 0) is 9.53 Å². The Morgan fingerprint density at radius 1 is 1.24 bits per heavy atom. The minimum absolute atomic E-state index is 0.611. The summed E-state index contributed by atoms with van der Waals surface area (Å²) in [4.78, 5) is 11.6. The molecule has 0 fully saturated rings. The fourth-order valence-electron chi connectivity index (χ4n) is 2.40. The third-order valence-electron chi connectivity index (χ3n) is 3.40. The van der Waals surface area contributed by atoms with E-state index in [0.29, 0.717) is 19.8 Å². The highest BCUT2D eigenvalue weighted by Crippen LogP contribution is 2.24. The number of nitrogens with one attached hydrogen (secondary N) is 1. The van der Waals surface area contributed by atoms with E-state index in [1.807, 2.05) is 49.4 Å². The van der Waals surface area contributed by atoms with E-state index >= 15 is 0 Å². The van der Waals surface area contributed by atoms with Gasteiger partial charge in [-0.15, -0.1) is 0 Å². The monoisotopic (exact) mass is 287 g/mol. The van der Waals surface area contributed by atoms with Crippen molar-refractivity contribution >= 4 is 16.7 Å². The molecule has 4 nitrogen and oxygen atoms in total. The predicted octanol–water partition coefficient (Wildman–Crippen LogP) is 2.98. The zero-order valence-electron chi connectivity index (χ0n) is 12.2. The highest BCUT2D eigenvalue weighted by molar-refractivity contribution is 5.90. The third kappa shape index (κ3) is 4.03. The Morgan fingerprint density at radius 3 is 2.76 bits per heavy atom. The minimum Gasteiger partial charge on any atom is -0.480 e. The number of carboxylic acids is 1. The molecule has 2 aromatic carbocycles. The van der Waals surface area contributed by atoms with Crippen molar-refractivity contribution in [2.45, 2.75) is 19.4 Å². The lowest BCUT2D eigenvalue weighted by molar-refractivity contribution is -0.139. The molecule has 0 saturated heterocycles. The summed E-state index contributed by atoms with van der Waals surface area (Å²) in [6.07, 6.45) is 0.794. The molecular weight excluding hydrogens is 266 g/mol. The molecule has 0 amide bonds. The van der Waals surface area contributed by atoms with Gasteiger partial charge in [-0.1, -0.05) is 42.5 Å². The molecule has 1 unspecified atom stereocenters. The maximum absolute atomic E-state index is 11.6. The average Bonchev–Trinajstić information content (AvgIpc) is 2.50. The van der Waals surface area contributed by atoms with Gasteiger partial charge in [0.2, 0.25) is 0 Å². The molecule has 0 aliphatic heterocycles. The number of hydrogen-bond acceptors (Lipinski definition) is 3. The topological polar surface area (TPSA) is 58.6 Å². The molecule has 2 aromatic rings. The number of benzene rings is 2. The molecule has 0 heterocycles. The van der Waals surface area contributed by atoms with Gasteiger partial charge in [-0.25, -0.2) is 0 Å². The molecule has 2 N–H and O–H groups in total. The van der Waals surface area contributed by atoms with Gasteiger partial charge in [0, 0.05) is 13.2 Å². The molecular formula is C17H21NO3. The summed E-state index contributed by atoms with van der Waals surface area (Å²) in [5.74, 6) is -0.859. The minimum atomic E-state index is -0.859. The van der Waals surface area contributed by atoms with Crippen molar-refractivity contribution in [3.8, 4) is 0 Å². The van der Waals surface area contributed by atoms with Crippen LogP contribution in [0.1, 0.15) is 24.9 Å². The Bertz CT molecular complexity index is 592. The normalized spacial score (nSPS) is 12.4. The number of fused-ring (bicyclic) bond motifs is 1. The SMILES string of the molecule is CCOCCCNC(C(=O)O)c1cccc2ccccc12. The Labute approximate surface area is 124 Å². The first kappa shape index (κ1) is 15.5. The van der Waals surface area contributed by atoms with Crippen LogP contribution in [0, 0.1) is 0 Å². The lowest BCUT2D eigenvalue weighted by Gasteiger charge is -2.17. The van der Waals surface area contributed by atoms with Crippen molar-refractivity contribution in [3.63, 3.8) is 0 Å². The Balaban J connectivity index is 2.15. The summed E-state index contributed by atoms with van der Waals surface area (Å²) in [5, 5.41) is 14.6. The van der Waals surface area contributed by atoms with Gasteiger partial charge >= 0.3 is 5.97 Å². The largest absolute Gasteiger partial charge is 0.480 e. The van der Waals surface area contributed by atoms with E-state index in [9.17, 15) is 9.90 Å². The summed E-state index contributed by atoms with van der Waals surface area (Å²) >= 11 is 0. The number of ether oxygens (including phenoxy) is 1. The Morgan fingerprint density at radius 2 is 2.00 bits per heavy atom. The smallest absolute Gasteiger partial charge is 0.325 e. The summed E-state index contributed by atoms with van der Waals surface area (Å²) in [6.45, 7) is 3.89. The van der Waals surface area contributed by atoms with Gasteiger partial charge in [0.05, 0.1) is 0 Å². The maximum atomic E-state index is 11.6. The average molecular weight is 287 g/mol. The van der Waals surface area contributed by atoms with Gasteiger partial charge < -0.3 is 15.2 Å². The van der Waals surface area contributed by atoms with Gasteiger partial charge in [0.15, 0.2) is 0 Å². The molecule has 4 heteroatoms. The molecule has 0 saturated carbocycles. The number of hydrogen-bond donors (Lipinski definition) is 2. The van der Waals surface area contributed by atoms with E-state index in [2.05, 4.69) is 5.32 Å². The zero-order chi connectivity index (χ0) is 15.1. The summed E-state index contributed by atoms with van der Waals surface area (Å²) in [6, 6.07) is 12.9. The molecule has 0 spiro atoms. The first-order chi connectivity index (χ1) is 10.2. The van der Waals surface area contributed by atoms with Gasteiger partial charge in [-0.05, 0) is 36.2 Å². The lowest BCUT2D eigenvalue weighted by Crippen LogP contribution is -2.30. The molecule has 0 radical (unpaired) electrons. The van der Waals surface area contributed by atoms with Crippen molar-refractivity contribution in [2.75, 3.05) is 19.8 Å². The summed E-state index contributed by atoms with van der Waals surface area (Å²) in [5.41, 5.74) is 0.803. The van der Waals surface area contributed by atoms with Crippen LogP contribution < -0.4 is 5.32 Å². The fraction of sp³-hybridized carbons (Fsp3) is 0.353. The molecule has 1 atom stereocenters. The first-order valence-corrected chi connectivity index (χ1v) is 7.25. The van der Waals surface area contributed by atoms with Gasteiger partial charge in [0.25, 0.3) is 0 Å². The van der Waals surface area contributed by atoms with Gasteiger partial charge in [-0.2, -0.15) is 0 Å². The lowest BCUT2D eigenvalue weighted by atomic mass is 9.98. The second-order valence-corrected chi connectivity index (χ2v) is 4.84. The standard InChI is InChI=1S/C17H21NO3/c1-2-21-12-6-11-18-16(17(19)20)15-10-5-8-13-7-3-4-9-14(13)15/h3-5,7-10,16,18H,2,6,11-12H2,1H3,(H,19,20). The van der Waals surface area contributed by atoms with E-state index < -0.39 is 12.0 Å². The molecule has 0 aromatic heterocycles. The number of carbonyl (C=O) groups is 1. The quantitative estimate of drug-likeness (QED) is 0.733. The number of rotatable bonds is 8. The van der Waals surface area contributed by atoms with Gasteiger partial charge in [0.1, 0.15) is 6.04 Å². The van der Waals surface area contributed by atoms with Crippen LogP contribution in [0.15, 0.2) is 42.5 Å². The van der Waals surface area contributed by atoms with Crippen molar-refractivity contribution in [2.24, 2.45) is 0 Å². The van der Waals surface area contributed by atoms with Gasteiger partial charge in [-0.3, -0.25) is 4.79 Å². The Kier molecular flexibility index (Phi) is 5.72. The molecule has 112 valence electrons. The van der Waals surface area contributed by atoms with Crippen LogP contribution in [-0.4, -0.2) is 30.8 Å². The van der Waals surface area contributed by atoms with Crippen LogP contribution >= 0.6 is 0 Å². The van der Waals surface area contributed by atoms with Crippen LogP contribution in [0.3, 0.4) is 0 Å². The van der Waals surface area contributed by atoms with Crippen LogP contribution in [0.4, 0.5) is 0 Å². The van der Waals surface area contributed by atoms with E-state index in [0.717, 1.165) is 22.8 Å². The van der Waals surface area contributed by atoms with Crippen molar-refractivity contribution in [1.29, 1.82) is 0 Å². The summed E-state index contributed by atoms with van der Waals surface area (Å²) in [7, 11) is 0. The second-order valence-electron chi connectivity index (χ2n) is 4.84. The number of aliphatic carboxylic acids is 1. The van der Waals surface area contributed by atoms with Crippen LogP contribution in [0.2, 0.25) is 0 Å². The van der Waals surface area contributed by atoms with E-state index in [4.69, 9.17) is 4.74 Å². The third-order valence-corrected chi connectivity index (χ3v) is 3.40. The predicted molar refractivity (Wildman–Crippen MR) is 83.4 cm³/mol. The number of carboxylic acid groups (broad SMARTS) is 1. The maximum Gasteiger partial charge on any atom is 0.325 e. The van der Waals surface area contributed by atoms with Crippen molar-refractivity contribution in [3.05, 3.63) is 48.0 Å². The highest BCUT2D eigenvalue weighted by atomic mass is 16.5. The summed E-state index contributed by atoms with van der Waals surface area (Å²) < 4.78 is 5.26. The van der Waals surface area contributed by atoms with E-state index in [1.54, 1.807) is 0 Å². The molecule has 2 rings (SSSR count). The second kappa shape index (κ2) is 7.76. The zero-order valence-corrected chi connectivity index (χ0v) is 12.2. The van der Waals surface area contributed by atoms with Crippen LogP contribution in [0.25, 0.3) is 10.8 Å². The molecule has 21 heavy (non-hydrogen) atoms. The van der Waals surface area contributed by atoms with Crippen molar-refractivity contribution < 1.29 is 14.6 Å². The molecule has 0 aliphatic carbocycles. The first-order valence-electron chi connectivity index (χ1n) is 7.25. The Hall–Kier alpha value is -1.91. The molecule has 0 aliphatic rings. The van der Waals surface area contributed by atoms with E-state index in [-0.39, 0.29) is 0 Å². The highest BCUT2D eigenvalue weighted by Gasteiger charge is 2.20.